The fourth-order valence-corrected chi connectivity index (χ4v) is 5.03. The Bertz CT molecular complexity index is 517. The van der Waals surface area contributed by atoms with E-state index < -0.39 is 6.89 Å². The molecular formula is C13H15MnO4P. The van der Waals surface area contributed by atoms with Crippen molar-refractivity contribution >= 4 is 30.4 Å². The minimum atomic E-state index is -2.51. The Labute approximate surface area is 123 Å². The normalized spacial score (nSPS) is 8.95. The Morgan fingerprint density at radius 1 is 1.00 bits per heavy atom. The molecule has 0 heterocycles. The van der Waals surface area contributed by atoms with Crippen molar-refractivity contribution in [3.05, 3.63) is 17.0 Å². The van der Waals surface area contributed by atoms with E-state index in [1.807, 2.05) is 19.5 Å². The molecule has 4 nitrogen and oxygen atoms in total. The summed E-state index contributed by atoms with van der Waals surface area (Å²) in [6.45, 7) is 1.25. The molecule has 0 aliphatic heterocycles. The number of rotatable bonds is 7. The molecule has 0 atom stereocenters. The topological polar surface area (TPSA) is 68.3 Å². The van der Waals surface area contributed by atoms with Crippen molar-refractivity contribution in [2.24, 2.45) is 0 Å². The van der Waals surface area contributed by atoms with Gasteiger partial charge in [-0.15, -0.1) is 0 Å². The van der Waals surface area contributed by atoms with Crippen molar-refractivity contribution in [2.45, 2.75) is 26.7 Å². The molecule has 0 unspecified atom stereocenters. The first-order valence-corrected chi connectivity index (χ1v) is 7.80. The average molecular weight is 321 g/mol. The molecule has 0 aliphatic carbocycles. The van der Waals surface area contributed by atoms with Gasteiger partial charge in [-0.05, 0) is 12.3 Å². The second-order valence-electron chi connectivity index (χ2n) is 3.73. The summed E-state index contributed by atoms with van der Waals surface area (Å²) in [7, 11) is 0. The maximum absolute atomic E-state index is 11.3. The molecule has 0 N–H and O–H groups in total. The Morgan fingerprint density at radius 2 is 1.53 bits per heavy atom. The molecule has 0 saturated heterocycles. The van der Waals surface area contributed by atoms with Gasteiger partial charge in [-0.2, -0.15) is 0 Å². The molecule has 6 heteroatoms. The van der Waals surface area contributed by atoms with E-state index in [9.17, 15) is 19.2 Å². The number of hydrogen-bond acceptors (Lipinski definition) is 4. The average Bonchev–Trinajstić information content (AvgIpc) is 2.38. The van der Waals surface area contributed by atoms with Crippen LogP contribution in [0.2, 0.25) is 0 Å². The van der Waals surface area contributed by atoms with Gasteiger partial charge in [0.15, 0.2) is 0 Å². The minimum Gasteiger partial charge on any atom is -0.234 e. The first kappa shape index (κ1) is 20.2. The van der Waals surface area contributed by atoms with Gasteiger partial charge in [-0.1, -0.05) is 26.7 Å². The molecule has 0 saturated carbocycles. The van der Waals surface area contributed by atoms with E-state index in [1.165, 1.54) is 11.9 Å². The van der Waals surface area contributed by atoms with Gasteiger partial charge < -0.3 is 0 Å². The van der Waals surface area contributed by atoms with Crippen molar-refractivity contribution in [1.82, 2.24) is 0 Å². The molecule has 0 rings (SSSR count). The Balaban J connectivity index is 0. The molecule has 103 valence electrons. The van der Waals surface area contributed by atoms with Crippen molar-refractivity contribution in [1.29, 1.82) is 0 Å². The minimum absolute atomic E-state index is 0. The fourth-order valence-electron chi connectivity index (χ4n) is 1.81. The summed E-state index contributed by atoms with van der Waals surface area (Å²) in [6, 6.07) is 0. The van der Waals surface area contributed by atoms with Gasteiger partial charge in [0.25, 0.3) is 0 Å². The predicted molar refractivity (Wildman–Crippen MR) is 71.6 cm³/mol. The molecule has 0 aromatic heterocycles. The van der Waals surface area contributed by atoms with E-state index in [0.29, 0.717) is 25.2 Å². The van der Waals surface area contributed by atoms with E-state index in [4.69, 9.17) is 0 Å². The maximum Gasteiger partial charge on any atom is 0.134 e. The van der Waals surface area contributed by atoms with Crippen LogP contribution in [0.3, 0.4) is 0 Å². The summed E-state index contributed by atoms with van der Waals surface area (Å²) in [5.41, 5.74) is 1.73. The smallest absolute Gasteiger partial charge is 0.134 e. The van der Waals surface area contributed by atoms with Gasteiger partial charge in [-0.3, -0.25) is 0 Å². The first-order chi connectivity index (χ1) is 8.65. The third kappa shape index (κ3) is 5.17. The van der Waals surface area contributed by atoms with E-state index in [0.717, 1.165) is 6.08 Å². The Kier molecular flexibility index (Phi) is 11.5. The third-order valence-corrected chi connectivity index (χ3v) is 6.44. The first-order valence-electron chi connectivity index (χ1n) is 5.64. The molecule has 0 aromatic carbocycles. The quantitative estimate of drug-likeness (QED) is 0.310. The van der Waals surface area contributed by atoms with Crippen LogP contribution in [-0.2, 0) is 36.2 Å². The summed E-state index contributed by atoms with van der Waals surface area (Å²) in [6.07, 6.45) is 3.15. The molecule has 0 bridgehead atoms. The van der Waals surface area contributed by atoms with Gasteiger partial charge in [-0.25, -0.2) is 19.2 Å². The molecule has 0 aromatic rings. The largest absolute Gasteiger partial charge is 0.234 e. The van der Waals surface area contributed by atoms with E-state index in [2.05, 4.69) is 0 Å². The van der Waals surface area contributed by atoms with Crippen LogP contribution in [0.4, 0.5) is 0 Å². The fraction of sp³-hybridized carbons (Fsp3) is 0.462. The molecule has 0 amide bonds. The van der Waals surface area contributed by atoms with Gasteiger partial charge >= 0.3 is 0 Å². The van der Waals surface area contributed by atoms with Crippen molar-refractivity contribution in [2.75, 3.05) is 12.3 Å². The number of carbonyl (C=O) groups excluding carboxylic acids is 4. The summed E-state index contributed by atoms with van der Waals surface area (Å²) in [5, 5.41) is -0.0421. The van der Waals surface area contributed by atoms with Crippen LogP contribution >= 0.6 is 6.89 Å². The zero-order valence-corrected chi connectivity index (χ0v) is 12.9. The van der Waals surface area contributed by atoms with Crippen LogP contribution in [0, 0.1) is 0 Å². The number of allylic oxidation sites excluding steroid dienone is 3. The van der Waals surface area contributed by atoms with Crippen molar-refractivity contribution < 1.29 is 36.2 Å². The van der Waals surface area contributed by atoms with E-state index in [1.54, 1.807) is 5.94 Å². The zero-order valence-electron chi connectivity index (χ0n) is 10.9. The zero-order chi connectivity index (χ0) is 14.0. The Morgan fingerprint density at radius 3 is 1.79 bits per heavy atom. The summed E-state index contributed by atoms with van der Waals surface area (Å²) < 4.78 is 0. The summed E-state index contributed by atoms with van der Waals surface area (Å²) >= 11 is 0. The van der Waals surface area contributed by atoms with Crippen molar-refractivity contribution in [3.8, 4) is 0 Å². The van der Waals surface area contributed by atoms with Crippen LogP contribution in [0.25, 0.3) is 0 Å². The second-order valence-corrected chi connectivity index (χ2v) is 7.19. The summed E-state index contributed by atoms with van der Waals surface area (Å²) in [4.78, 5) is 43.5. The molecule has 0 aliphatic rings. The SMILES string of the molecule is CCCP(=C=O)(CCC)C(=C=O)C(=C=O)C=C=O.[Mn]. The second kappa shape index (κ2) is 10.8. The van der Waals surface area contributed by atoms with Crippen LogP contribution < -0.4 is 0 Å². The predicted octanol–water partition coefficient (Wildman–Crippen LogP) is 1.75. The van der Waals surface area contributed by atoms with Gasteiger partial charge in [0.2, 0.25) is 0 Å². The van der Waals surface area contributed by atoms with E-state index >= 15 is 0 Å². The van der Waals surface area contributed by atoms with Gasteiger partial charge in [0.1, 0.15) is 23.5 Å². The van der Waals surface area contributed by atoms with Crippen LogP contribution in [0.15, 0.2) is 17.0 Å². The summed E-state index contributed by atoms with van der Waals surface area (Å²) in [5.74, 6) is 4.58. The van der Waals surface area contributed by atoms with Crippen LogP contribution in [0.5, 0.6) is 0 Å². The number of hydrogen-bond donors (Lipinski definition) is 0. The van der Waals surface area contributed by atoms with Crippen LogP contribution in [-0.4, -0.2) is 35.8 Å². The molecule has 0 fully saturated rings. The molecular weight excluding hydrogens is 306 g/mol. The molecule has 19 heavy (non-hydrogen) atoms. The van der Waals surface area contributed by atoms with Gasteiger partial charge in [0.05, 0.1) is 10.9 Å². The van der Waals surface area contributed by atoms with Gasteiger partial charge in [0, 0.05) is 30.0 Å². The maximum atomic E-state index is 11.3. The standard InChI is InChI=1S/C13H15O4P.Mn/c1-3-7-18(11-17,8-4-2)13(10-16)12(9-15)5-6-14;/h5H,3-4,7-8H2,1-2H3;. The van der Waals surface area contributed by atoms with E-state index in [-0.39, 0.29) is 28.0 Å². The Hall–Kier alpha value is -1.12. The third-order valence-electron chi connectivity index (χ3n) is 2.48. The molecule has 1 radical (unpaired) electrons. The van der Waals surface area contributed by atoms with Crippen LogP contribution in [0.1, 0.15) is 26.7 Å². The molecule has 0 spiro atoms. The van der Waals surface area contributed by atoms with Crippen molar-refractivity contribution in [3.63, 3.8) is 0 Å². The monoisotopic (exact) mass is 321 g/mol.